The predicted molar refractivity (Wildman–Crippen MR) is 41.5 cm³/mol. The van der Waals surface area contributed by atoms with E-state index in [0.717, 1.165) is 0 Å². The molecule has 0 bridgehead atoms. The summed E-state index contributed by atoms with van der Waals surface area (Å²) in [5, 5.41) is 7.01. The number of carbonyl (C=O) groups is 1. The molecule has 1 rings (SSSR count). The minimum absolute atomic E-state index is 0.0269. The third-order valence-electron chi connectivity index (χ3n) is 1.32. The fourth-order valence-corrected chi connectivity index (χ4v) is 0.816. The van der Waals surface area contributed by atoms with E-state index in [1.807, 2.05) is 0 Å². The highest BCUT2D eigenvalue weighted by molar-refractivity contribution is 5.68. The molecule has 6 heteroatoms. The zero-order valence-corrected chi connectivity index (χ0v) is 7.23. The van der Waals surface area contributed by atoms with Crippen molar-refractivity contribution < 1.29 is 13.9 Å². The monoisotopic (exact) mass is 187 g/mol. The Morgan fingerprint density at radius 1 is 1.77 bits per heavy atom. The summed E-state index contributed by atoms with van der Waals surface area (Å²) in [7, 11) is 0. The summed E-state index contributed by atoms with van der Waals surface area (Å²) in [6.07, 6.45) is 1.37. The Bertz CT molecular complexity index is 287. The lowest BCUT2D eigenvalue weighted by molar-refractivity contribution is -0.144. The van der Waals surface area contributed by atoms with E-state index in [9.17, 15) is 9.18 Å². The molecule has 0 amide bonds. The van der Waals surface area contributed by atoms with Crippen molar-refractivity contribution in [3.05, 3.63) is 11.9 Å². The van der Waals surface area contributed by atoms with Gasteiger partial charge in [0.1, 0.15) is 18.9 Å². The Labute approximate surface area is 74.5 Å². The summed E-state index contributed by atoms with van der Waals surface area (Å²) in [5.74, 6) is -0.405. The van der Waals surface area contributed by atoms with Crippen LogP contribution in [0.5, 0.6) is 0 Å². The van der Waals surface area contributed by atoms with Crippen molar-refractivity contribution >= 4 is 5.97 Å². The van der Waals surface area contributed by atoms with Crippen LogP contribution in [0.3, 0.4) is 0 Å². The van der Waals surface area contributed by atoms with Gasteiger partial charge < -0.3 is 4.74 Å². The van der Waals surface area contributed by atoms with Crippen LogP contribution in [0.2, 0.25) is 0 Å². The number of ether oxygens (including phenoxy) is 1. The summed E-state index contributed by atoms with van der Waals surface area (Å²) < 4.78 is 17.9. The summed E-state index contributed by atoms with van der Waals surface area (Å²) in [5.41, 5.74) is 0.212. The molecule has 0 N–H and O–H groups in total. The maximum absolute atomic E-state index is 12.0. The Morgan fingerprint density at radius 2 is 2.54 bits per heavy atom. The van der Waals surface area contributed by atoms with Crippen molar-refractivity contribution in [1.29, 1.82) is 0 Å². The van der Waals surface area contributed by atoms with Crippen molar-refractivity contribution in [2.75, 3.05) is 6.61 Å². The number of aromatic nitrogens is 3. The van der Waals surface area contributed by atoms with Gasteiger partial charge in [0.05, 0.1) is 12.8 Å². The second kappa shape index (κ2) is 4.54. The Balaban J connectivity index is 2.49. The van der Waals surface area contributed by atoms with E-state index < -0.39 is 12.6 Å². The van der Waals surface area contributed by atoms with Gasteiger partial charge in [-0.2, -0.15) is 0 Å². The normalized spacial score (nSPS) is 10.0. The summed E-state index contributed by atoms with van der Waals surface area (Å²) in [4.78, 5) is 10.9. The maximum atomic E-state index is 12.0. The van der Waals surface area contributed by atoms with Gasteiger partial charge in [0.15, 0.2) is 0 Å². The van der Waals surface area contributed by atoms with Crippen LogP contribution in [0.4, 0.5) is 4.39 Å². The number of hydrogen-bond acceptors (Lipinski definition) is 4. The molecule has 0 fully saturated rings. The minimum Gasteiger partial charge on any atom is -0.465 e. The number of nitrogens with zero attached hydrogens (tertiary/aromatic N) is 3. The number of rotatable bonds is 4. The Morgan fingerprint density at radius 3 is 3.08 bits per heavy atom. The first-order valence-electron chi connectivity index (χ1n) is 3.87. The summed E-state index contributed by atoms with van der Waals surface area (Å²) in [6.45, 7) is 1.33. The van der Waals surface area contributed by atoms with Gasteiger partial charge in [0, 0.05) is 0 Å². The van der Waals surface area contributed by atoms with Gasteiger partial charge in [-0.05, 0) is 6.92 Å². The van der Waals surface area contributed by atoms with Crippen molar-refractivity contribution in [2.24, 2.45) is 0 Å². The van der Waals surface area contributed by atoms with Gasteiger partial charge >= 0.3 is 5.97 Å². The summed E-state index contributed by atoms with van der Waals surface area (Å²) in [6, 6.07) is 0. The highest BCUT2D eigenvalue weighted by atomic mass is 19.1. The number of alkyl halides is 1. The molecule has 0 radical (unpaired) electrons. The van der Waals surface area contributed by atoms with Crippen LogP contribution in [0.1, 0.15) is 12.6 Å². The van der Waals surface area contributed by atoms with Crippen molar-refractivity contribution in [2.45, 2.75) is 20.1 Å². The maximum Gasteiger partial charge on any atom is 0.327 e. The van der Waals surface area contributed by atoms with E-state index in [0.29, 0.717) is 6.61 Å². The second-order valence-corrected chi connectivity index (χ2v) is 2.35. The van der Waals surface area contributed by atoms with Crippen LogP contribution in [0.25, 0.3) is 0 Å². The third kappa shape index (κ3) is 2.81. The molecule has 0 atom stereocenters. The van der Waals surface area contributed by atoms with Crippen molar-refractivity contribution in [3.8, 4) is 0 Å². The largest absolute Gasteiger partial charge is 0.465 e. The molecule has 0 saturated carbocycles. The molecule has 13 heavy (non-hydrogen) atoms. The van der Waals surface area contributed by atoms with Crippen molar-refractivity contribution in [3.63, 3.8) is 0 Å². The van der Waals surface area contributed by atoms with Crippen LogP contribution in [0, 0.1) is 0 Å². The van der Waals surface area contributed by atoms with Crippen LogP contribution < -0.4 is 0 Å². The first kappa shape index (κ1) is 9.63. The van der Waals surface area contributed by atoms with Crippen LogP contribution in [0.15, 0.2) is 6.20 Å². The quantitative estimate of drug-likeness (QED) is 0.636. The fourth-order valence-electron chi connectivity index (χ4n) is 0.816. The molecule has 0 saturated heterocycles. The molecule has 1 heterocycles. The van der Waals surface area contributed by atoms with Gasteiger partial charge in [-0.25, -0.2) is 9.07 Å². The standard InChI is InChI=1S/C7H10FN3O2/c1-2-13-7(12)5-11-4-6(3-8)9-10-11/h4H,2-3,5H2,1H3. The molecule has 0 aromatic carbocycles. The highest BCUT2D eigenvalue weighted by Crippen LogP contribution is 1.95. The molecule has 1 aromatic heterocycles. The SMILES string of the molecule is CCOC(=O)Cn1cc(CF)nn1. The summed E-state index contributed by atoms with van der Waals surface area (Å²) >= 11 is 0. The molecule has 0 spiro atoms. The van der Waals surface area contributed by atoms with Gasteiger partial charge in [-0.3, -0.25) is 4.79 Å². The molecule has 72 valence electrons. The molecule has 0 aliphatic heterocycles. The average molecular weight is 187 g/mol. The Hall–Kier alpha value is -1.46. The molecular weight excluding hydrogens is 177 g/mol. The van der Waals surface area contributed by atoms with Crippen LogP contribution in [-0.4, -0.2) is 27.6 Å². The average Bonchev–Trinajstić information content (AvgIpc) is 2.52. The number of halogens is 1. The van der Waals surface area contributed by atoms with Crippen molar-refractivity contribution in [1.82, 2.24) is 15.0 Å². The van der Waals surface area contributed by atoms with Crippen LogP contribution >= 0.6 is 0 Å². The lowest BCUT2D eigenvalue weighted by Gasteiger charge is -1.99. The van der Waals surface area contributed by atoms with E-state index in [-0.39, 0.29) is 12.2 Å². The molecule has 0 aliphatic carbocycles. The van der Waals surface area contributed by atoms with E-state index in [1.165, 1.54) is 10.9 Å². The second-order valence-electron chi connectivity index (χ2n) is 2.35. The van der Waals surface area contributed by atoms with Gasteiger partial charge in [0.2, 0.25) is 0 Å². The highest BCUT2D eigenvalue weighted by Gasteiger charge is 2.05. The van der Waals surface area contributed by atoms with E-state index >= 15 is 0 Å². The third-order valence-corrected chi connectivity index (χ3v) is 1.32. The van der Waals surface area contributed by atoms with E-state index in [1.54, 1.807) is 6.92 Å². The molecule has 0 aliphatic rings. The Kier molecular flexibility index (Phi) is 3.36. The number of hydrogen-bond donors (Lipinski definition) is 0. The van der Waals surface area contributed by atoms with Gasteiger partial charge in [-0.1, -0.05) is 5.21 Å². The van der Waals surface area contributed by atoms with Gasteiger partial charge in [-0.15, -0.1) is 5.10 Å². The molecule has 5 nitrogen and oxygen atoms in total. The lowest BCUT2D eigenvalue weighted by atomic mass is 10.5. The molecule has 1 aromatic rings. The number of esters is 1. The van der Waals surface area contributed by atoms with E-state index in [4.69, 9.17) is 0 Å². The zero-order valence-electron chi connectivity index (χ0n) is 7.23. The molecular formula is C7H10FN3O2. The topological polar surface area (TPSA) is 57.0 Å². The van der Waals surface area contributed by atoms with E-state index in [2.05, 4.69) is 15.0 Å². The number of carbonyl (C=O) groups excluding carboxylic acids is 1. The lowest BCUT2D eigenvalue weighted by Crippen LogP contribution is -2.13. The first-order chi connectivity index (χ1) is 6.26. The van der Waals surface area contributed by atoms with Crippen LogP contribution in [-0.2, 0) is 22.8 Å². The first-order valence-corrected chi connectivity index (χ1v) is 3.87. The zero-order chi connectivity index (χ0) is 9.68. The van der Waals surface area contributed by atoms with Gasteiger partial charge in [0.25, 0.3) is 0 Å². The predicted octanol–water partition coefficient (Wildman–Crippen LogP) is 0.311. The smallest absolute Gasteiger partial charge is 0.327 e. The fraction of sp³-hybridized carbons (Fsp3) is 0.571. The molecule has 0 unspecified atom stereocenters. The minimum atomic E-state index is -0.678.